The van der Waals surface area contributed by atoms with Gasteiger partial charge in [0.2, 0.25) is 11.8 Å². The molecule has 2 heterocycles. The molecule has 0 bridgehead atoms. The summed E-state index contributed by atoms with van der Waals surface area (Å²) in [6.07, 6.45) is 4.06. The predicted molar refractivity (Wildman–Crippen MR) is 106 cm³/mol. The van der Waals surface area contributed by atoms with Crippen LogP contribution >= 0.6 is 11.3 Å². The molecule has 1 aromatic carbocycles. The molecule has 2 aromatic rings. The number of nitrogens with one attached hydrogen (secondary N) is 1. The first-order valence-corrected chi connectivity index (χ1v) is 10.3. The van der Waals surface area contributed by atoms with Crippen LogP contribution in [-0.4, -0.2) is 24.1 Å². The summed E-state index contributed by atoms with van der Waals surface area (Å²) < 4.78 is 0. The zero-order chi connectivity index (χ0) is 18.8. The number of anilines is 2. The molecule has 1 aromatic heterocycles. The van der Waals surface area contributed by atoms with Crippen LogP contribution < -0.4 is 10.2 Å². The van der Waals surface area contributed by atoms with Crippen molar-refractivity contribution >= 4 is 40.3 Å². The van der Waals surface area contributed by atoms with Crippen LogP contribution in [0.25, 0.3) is 0 Å². The third-order valence-corrected chi connectivity index (χ3v) is 5.97. The van der Waals surface area contributed by atoms with Crippen molar-refractivity contribution in [3.63, 3.8) is 0 Å². The average Bonchev–Trinajstić information content (AvgIpc) is 3.19. The quantitative estimate of drug-likeness (QED) is 0.735. The predicted octanol–water partition coefficient (Wildman–Crippen LogP) is 4.04. The molecule has 0 spiro atoms. The van der Waals surface area contributed by atoms with E-state index in [9.17, 15) is 14.4 Å². The molecule has 1 aliphatic heterocycles. The van der Waals surface area contributed by atoms with Crippen LogP contribution in [-0.2, 0) is 16.0 Å². The highest BCUT2D eigenvalue weighted by Crippen LogP contribution is 2.37. The van der Waals surface area contributed by atoms with Gasteiger partial charge in [-0.05, 0) is 54.8 Å². The van der Waals surface area contributed by atoms with Gasteiger partial charge < -0.3 is 10.2 Å². The van der Waals surface area contributed by atoms with Crippen molar-refractivity contribution in [2.24, 2.45) is 5.92 Å². The van der Waals surface area contributed by atoms with Crippen molar-refractivity contribution in [1.82, 2.24) is 0 Å². The minimum Gasteiger partial charge on any atom is -0.326 e. The number of nitrogens with zero attached hydrogens (tertiary/aromatic N) is 1. The molecule has 0 radical (unpaired) electrons. The Morgan fingerprint density at radius 1 is 1.15 bits per heavy atom. The van der Waals surface area contributed by atoms with Crippen molar-refractivity contribution in [3.8, 4) is 0 Å². The maximum Gasteiger partial charge on any atom is 0.230 e. The number of amides is 2. The summed E-state index contributed by atoms with van der Waals surface area (Å²) in [5.74, 6) is 0.385. The lowest BCUT2D eigenvalue weighted by atomic mass is 10.1. The maximum absolute atomic E-state index is 12.4. The lowest BCUT2D eigenvalue weighted by Gasteiger charge is -2.18. The maximum atomic E-state index is 12.4. The van der Waals surface area contributed by atoms with Gasteiger partial charge in [0.25, 0.3) is 0 Å². The van der Waals surface area contributed by atoms with E-state index in [4.69, 9.17) is 0 Å². The number of hydrogen-bond acceptors (Lipinski definition) is 4. The van der Waals surface area contributed by atoms with Crippen LogP contribution in [0, 0.1) is 5.92 Å². The third kappa shape index (κ3) is 4.11. The van der Waals surface area contributed by atoms with Crippen LogP contribution in [0.15, 0.2) is 35.7 Å². The number of Topliss-reactive ketones (excluding diaryl/α,β-unsaturated/α-hetero) is 1. The van der Waals surface area contributed by atoms with E-state index < -0.39 is 0 Å². The first-order valence-electron chi connectivity index (χ1n) is 9.42. The fraction of sp³-hybridized carbons (Fsp3) is 0.381. The number of carbonyl (C=O) groups is 3. The molecular weight excluding hydrogens is 360 g/mol. The highest BCUT2D eigenvalue weighted by atomic mass is 32.1. The minimum atomic E-state index is -0.105. The number of ketones is 1. The fourth-order valence-corrected chi connectivity index (χ4v) is 4.12. The van der Waals surface area contributed by atoms with Gasteiger partial charge in [-0.1, -0.05) is 12.1 Å². The molecule has 1 saturated carbocycles. The molecule has 0 atom stereocenters. The molecule has 0 saturated heterocycles. The Balaban J connectivity index is 1.31. The first kappa shape index (κ1) is 17.9. The number of rotatable bonds is 7. The number of hydrogen-bond donors (Lipinski definition) is 1. The highest BCUT2D eigenvalue weighted by molar-refractivity contribution is 7.12. The van der Waals surface area contributed by atoms with Crippen molar-refractivity contribution < 1.29 is 14.4 Å². The Hall–Kier alpha value is -2.47. The summed E-state index contributed by atoms with van der Waals surface area (Å²) in [6.45, 7) is 0.729. The standard InChI is InChI=1S/C21H22N2O3S/c24-18(19-4-2-12-27-19)3-1-5-20(25)22-16-9-8-14-10-11-23(17(14)13-16)21(26)15-6-7-15/h2,4,8-9,12-13,15H,1,3,5-7,10-11H2,(H,22,25). The molecule has 0 unspecified atom stereocenters. The van der Waals surface area contributed by atoms with Crippen LogP contribution in [0.1, 0.15) is 47.3 Å². The second kappa shape index (κ2) is 7.64. The Bertz CT molecular complexity index is 872. The van der Waals surface area contributed by atoms with E-state index in [1.807, 2.05) is 40.6 Å². The van der Waals surface area contributed by atoms with E-state index in [2.05, 4.69) is 5.32 Å². The largest absolute Gasteiger partial charge is 0.326 e. The van der Waals surface area contributed by atoms with Gasteiger partial charge in [0.15, 0.2) is 5.78 Å². The molecule has 1 N–H and O–H groups in total. The number of thiophene rings is 1. The molecule has 6 heteroatoms. The van der Waals surface area contributed by atoms with Gasteiger partial charge in [0.05, 0.1) is 4.88 Å². The van der Waals surface area contributed by atoms with E-state index in [0.29, 0.717) is 24.9 Å². The first-order chi connectivity index (χ1) is 13.1. The van der Waals surface area contributed by atoms with Crippen molar-refractivity contribution in [3.05, 3.63) is 46.2 Å². The normalized spacial score (nSPS) is 15.5. The van der Waals surface area contributed by atoms with E-state index >= 15 is 0 Å². The van der Waals surface area contributed by atoms with Crippen molar-refractivity contribution in [2.75, 3.05) is 16.8 Å². The highest BCUT2D eigenvalue weighted by Gasteiger charge is 2.36. The third-order valence-electron chi connectivity index (χ3n) is 5.06. The molecule has 2 aliphatic rings. The molecule has 2 amide bonds. The topological polar surface area (TPSA) is 66.5 Å². The van der Waals surface area contributed by atoms with Gasteiger partial charge in [0.1, 0.15) is 0 Å². The summed E-state index contributed by atoms with van der Waals surface area (Å²) in [4.78, 5) is 39.2. The van der Waals surface area contributed by atoms with E-state index in [0.717, 1.165) is 41.9 Å². The zero-order valence-electron chi connectivity index (χ0n) is 15.1. The van der Waals surface area contributed by atoms with Gasteiger partial charge in [0, 0.05) is 36.7 Å². The second-order valence-corrected chi connectivity index (χ2v) is 8.11. The van der Waals surface area contributed by atoms with Crippen LogP contribution in [0.2, 0.25) is 0 Å². The van der Waals surface area contributed by atoms with Crippen molar-refractivity contribution in [2.45, 2.75) is 38.5 Å². The smallest absolute Gasteiger partial charge is 0.230 e. The van der Waals surface area contributed by atoms with Crippen LogP contribution in [0.3, 0.4) is 0 Å². The molecule has 5 nitrogen and oxygen atoms in total. The average molecular weight is 382 g/mol. The molecule has 1 aliphatic carbocycles. The molecule has 140 valence electrons. The second-order valence-electron chi connectivity index (χ2n) is 7.16. The van der Waals surface area contributed by atoms with Gasteiger partial charge in [-0.25, -0.2) is 0 Å². The summed E-state index contributed by atoms with van der Waals surface area (Å²) in [6, 6.07) is 9.45. The summed E-state index contributed by atoms with van der Waals surface area (Å²) in [7, 11) is 0. The van der Waals surface area contributed by atoms with E-state index in [1.165, 1.54) is 11.3 Å². The van der Waals surface area contributed by atoms with Gasteiger partial charge in [-0.2, -0.15) is 0 Å². The Kier molecular flexibility index (Phi) is 5.07. The fourth-order valence-electron chi connectivity index (χ4n) is 3.43. The molecular formula is C21H22N2O3S. The number of benzene rings is 1. The summed E-state index contributed by atoms with van der Waals surface area (Å²) >= 11 is 1.43. The summed E-state index contributed by atoms with van der Waals surface area (Å²) in [5, 5.41) is 4.78. The number of fused-ring (bicyclic) bond motifs is 1. The monoisotopic (exact) mass is 382 g/mol. The Labute approximate surface area is 162 Å². The zero-order valence-corrected chi connectivity index (χ0v) is 15.9. The van der Waals surface area contributed by atoms with Crippen LogP contribution in [0.5, 0.6) is 0 Å². The Morgan fingerprint density at radius 3 is 2.74 bits per heavy atom. The Morgan fingerprint density at radius 2 is 2.00 bits per heavy atom. The van der Waals surface area contributed by atoms with Gasteiger partial charge >= 0.3 is 0 Å². The molecule has 1 fully saturated rings. The van der Waals surface area contributed by atoms with Crippen molar-refractivity contribution in [1.29, 1.82) is 0 Å². The molecule has 4 rings (SSSR count). The lowest BCUT2D eigenvalue weighted by molar-refractivity contribution is -0.119. The van der Waals surface area contributed by atoms with E-state index in [1.54, 1.807) is 0 Å². The summed E-state index contributed by atoms with van der Waals surface area (Å²) in [5.41, 5.74) is 2.79. The molecule has 27 heavy (non-hydrogen) atoms. The number of carbonyl (C=O) groups excluding carboxylic acids is 3. The van der Waals surface area contributed by atoms with Gasteiger partial charge in [-0.15, -0.1) is 11.3 Å². The lowest BCUT2D eigenvalue weighted by Crippen LogP contribution is -2.30. The van der Waals surface area contributed by atoms with Crippen LogP contribution in [0.4, 0.5) is 11.4 Å². The minimum absolute atomic E-state index is 0.0876. The van der Waals surface area contributed by atoms with E-state index in [-0.39, 0.29) is 23.5 Å². The van der Waals surface area contributed by atoms with Gasteiger partial charge in [-0.3, -0.25) is 14.4 Å². The SMILES string of the molecule is O=C(CCCC(=O)c1cccs1)Nc1ccc2c(c1)N(C(=O)C1CC1)CC2.